The molecule has 0 unspecified atom stereocenters. The van der Waals surface area contributed by atoms with Gasteiger partial charge in [0.15, 0.2) is 0 Å². The minimum absolute atomic E-state index is 0.00968. The molecule has 0 aliphatic carbocycles. The quantitative estimate of drug-likeness (QED) is 0.217. The predicted octanol–water partition coefficient (Wildman–Crippen LogP) is 7.01. The van der Waals surface area contributed by atoms with E-state index in [9.17, 15) is 4.79 Å². The van der Waals surface area contributed by atoms with Gasteiger partial charge in [-0.2, -0.15) is 0 Å². The first-order valence-electron chi connectivity index (χ1n) is 9.57. The average molecular weight is 341 g/mol. The van der Waals surface area contributed by atoms with E-state index in [4.69, 9.17) is 4.43 Å². The van der Waals surface area contributed by atoms with Crippen LogP contribution in [0.15, 0.2) is 12.2 Å². The highest BCUT2D eigenvalue weighted by atomic mass is 28.4. The van der Waals surface area contributed by atoms with E-state index in [0.717, 1.165) is 12.8 Å². The van der Waals surface area contributed by atoms with Crippen LogP contribution in [0.1, 0.15) is 91.9 Å². The summed E-state index contributed by atoms with van der Waals surface area (Å²) in [5.74, 6) is 0.00968. The molecule has 3 heteroatoms. The van der Waals surface area contributed by atoms with Gasteiger partial charge in [-0.3, -0.25) is 4.79 Å². The van der Waals surface area contributed by atoms with Crippen molar-refractivity contribution in [3.63, 3.8) is 0 Å². The number of unbranched alkanes of at least 4 members (excludes halogenated alkanes) is 7. The Hall–Kier alpha value is -0.573. The first-order valence-corrected chi connectivity index (χ1v) is 12.5. The first-order chi connectivity index (χ1) is 10.7. The molecule has 0 saturated carbocycles. The highest BCUT2D eigenvalue weighted by molar-refractivity contribution is 6.75. The van der Waals surface area contributed by atoms with Crippen LogP contribution in [0.5, 0.6) is 0 Å². The maximum absolute atomic E-state index is 12.0. The van der Waals surface area contributed by atoms with Crippen LogP contribution in [0.4, 0.5) is 0 Å². The second-order valence-corrected chi connectivity index (χ2v) is 12.9. The van der Waals surface area contributed by atoms with E-state index < -0.39 is 8.32 Å². The summed E-state index contributed by atoms with van der Waals surface area (Å²) in [6, 6.07) is 0. The third-order valence-corrected chi connectivity index (χ3v) is 9.17. The highest BCUT2D eigenvalue weighted by Gasteiger charge is 2.40. The summed E-state index contributed by atoms with van der Waals surface area (Å²) in [5, 5.41) is 0.104. The second-order valence-electron chi connectivity index (χ2n) is 8.15. The van der Waals surface area contributed by atoms with Crippen molar-refractivity contribution in [3.8, 4) is 0 Å². The molecule has 0 aromatic rings. The van der Waals surface area contributed by atoms with Crippen molar-refractivity contribution in [1.29, 1.82) is 0 Å². The Morgan fingerprint density at radius 3 is 2.00 bits per heavy atom. The van der Waals surface area contributed by atoms with Gasteiger partial charge in [0.2, 0.25) is 0 Å². The Morgan fingerprint density at radius 2 is 1.43 bits per heavy atom. The largest absolute Gasteiger partial charge is 0.519 e. The van der Waals surface area contributed by atoms with Crippen molar-refractivity contribution < 1.29 is 9.22 Å². The summed E-state index contributed by atoms with van der Waals surface area (Å²) < 4.78 is 5.78. The molecule has 0 atom stereocenters. The van der Waals surface area contributed by atoms with Gasteiger partial charge in [-0.05, 0) is 43.8 Å². The Balaban J connectivity index is 3.58. The Morgan fingerprint density at radius 1 is 0.913 bits per heavy atom. The summed E-state index contributed by atoms with van der Waals surface area (Å²) in [6.07, 6.45) is 16.2. The fourth-order valence-corrected chi connectivity index (χ4v) is 3.09. The molecule has 0 N–H and O–H groups in total. The van der Waals surface area contributed by atoms with E-state index in [1.54, 1.807) is 0 Å². The lowest BCUT2D eigenvalue weighted by Gasteiger charge is -2.35. The van der Waals surface area contributed by atoms with Gasteiger partial charge in [-0.1, -0.05) is 72.0 Å². The molecule has 0 radical (unpaired) electrons. The zero-order valence-corrected chi connectivity index (χ0v) is 17.5. The Kier molecular flexibility index (Phi) is 11.6. The van der Waals surface area contributed by atoms with Crippen LogP contribution in [0, 0.1) is 0 Å². The molecule has 0 saturated heterocycles. The zero-order valence-electron chi connectivity index (χ0n) is 16.5. The van der Waals surface area contributed by atoms with Gasteiger partial charge in [-0.25, -0.2) is 0 Å². The van der Waals surface area contributed by atoms with Crippen LogP contribution in [-0.2, 0) is 9.22 Å². The number of allylic oxidation sites excluding steroid dienone is 2. The fraction of sp³-hybridized carbons (Fsp3) is 0.850. The van der Waals surface area contributed by atoms with Crippen LogP contribution >= 0.6 is 0 Å². The molecule has 2 nitrogen and oxygen atoms in total. The molecule has 23 heavy (non-hydrogen) atoms. The van der Waals surface area contributed by atoms with E-state index in [0.29, 0.717) is 6.42 Å². The molecule has 0 bridgehead atoms. The molecule has 0 fully saturated rings. The van der Waals surface area contributed by atoms with Crippen molar-refractivity contribution in [1.82, 2.24) is 0 Å². The predicted molar refractivity (Wildman–Crippen MR) is 104 cm³/mol. The van der Waals surface area contributed by atoms with Crippen molar-refractivity contribution in [3.05, 3.63) is 12.2 Å². The molecule has 0 heterocycles. The van der Waals surface area contributed by atoms with Crippen LogP contribution in [0.25, 0.3) is 0 Å². The van der Waals surface area contributed by atoms with Gasteiger partial charge in [0, 0.05) is 6.42 Å². The van der Waals surface area contributed by atoms with Crippen molar-refractivity contribution in [2.75, 3.05) is 0 Å². The smallest absolute Gasteiger partial charge is 0.292 e. The minimum Gasteiger partial charge on any atom is -0.519 e. The lowest BCUT2D eigenvalue weighted by molar-refractivity contribution is -0.135. The number of hydrogen-bond donors (Lipinski definition) is 0. The molecule has 0 spiro atoms. The third-order valence-electron chi connectivity index (χ3n) is 4.82. The lowest BCUT2D eigenvalue weighted by atomic mass is 10.1. The Bertz CT molecular complexity index is 340. The number of carbonyl (C=O) groups excluding carboxylic acids is 1. The van der Waals surface area contributed by atoms with Gasteiger partial charge in [0.05, 0.1) is 0 Å². The van der Waals surface area contributed by atoms with Gasteiger partial charge in [-0.15, -0.1) is 0 Å². The summed E-state index contributed by atoms with van der Waals surface area (Å²) in [4.78, 5) is 12.0. The summed E-state index contributed by atoms with van der Waals surface area (Å²) in [7, 11) is -1.93. The zero-order chi connectivity index (χ0) is 17.8. The molecule has 0 aromatic carbocycles. The third kappa shape index (κ3) is 11.6. The van der Waals surface area contributed by atoms with Crippen LogP contribution in [0.3, 0.4) is 0 Å². The molecular formula is C20H40O2Si. The SMILES string of the molecule is CCCC/C=C\CCCCCCCC(=O)O[Si](C)(C)C(C)(C)C. The molecule has 0 amide bonds. The molecule has 136 valence electrons. The van der Waals surface area contributed by atoms with E-state index in [1.165, 1.54) is 44.9 Å². The molecule has 0 aliphatic heterocycles. The summed E-state index contributed by atoms with van der Waals surface area (Å²) >= 11 is 0. The average Bonchev–Trinajstić information content (AvgIpc) is 2.43. The molecule has 0 rings (SSSR count). The van der Waals surface area contributed by atoms with E-state index >= 15 is 0 Å². The van der Waals surface area contributed by atoms with Crippen LogP contribution in [-0.4, -0.2) is 14.3 Å². The standard InChI is InChI=1S/C20H40O2Si/c1-7-8-9-10-11-12-13-14-15-16-17-18-19(21)22-23(5,6)20(2,3)4/h10-11H,7-9,12-18H2,1-6H3/b11-10-. The monoisotopic (exact) mass is 340 g/mol. The summed E-state index contributed by atoms with van der Waals surface area (Å²) in [6.45, 7) is 13.0. The van der Waals surface area contributed by atoms with Crippen molar-refractivity contribution in [2.45, 2.75) is 110 Å². The van der Waals surface area contributed by atoms with E-state index in [1.807, 2.05) is 0 Å². The Labute approximate surface area is 146 Å². The van der Waals surface area contributed by atoms with Crippen molar-refractivity contribution in [2.24, 2.45) is 0 Å². The van der Waals surface area contributed by atoms with Crippen molar-refractivity contribution >= 4 is 14.3 Å². The van der Waals surface area contributed by atoms with Gasteiger partial charge < -0.3 is 4.43 Å². The lowest BCUT2D eigenvalue weighted by Crippen LogP contribution is -2.42. The first kappa shape index (κ1) is 22.4. The van der Waals surface area contributed by atoms with Gasteiger partial charge in [0.25, 0.3) is 14.3 Å². The highest BCUT2D eigenvalue weighted by Crippen LogP contribution is 2.36. The molecule has 0 aliphatic rings. The van der Waals surface area contributed by atoms with Gasteiger partial charge >= 0.3 is 0 Å². The molecule has 0 aromatic heterocycles. The maximum atomic E-state index is 12.0. The molecular weight excluding hydrogens is 300 g/mol. The van der Waals surface area contributed by atoms with E-state index in [-0.39, 0.29) is 11.0 Å². The maximum Gasteiger partial charge on any atom is 0.292 e. The van der Waals surface area contributed by atoms with Gasteiger partial charge in [0.1, 0.15) is 0 Å². The second kappa shape index (κ2) is 11.9. The summed E-state index contributed by atoms with van der Waals surface area (Å²) in [5.41, 5.74) is 0. The number of carbonyl (C=O) groups is 1. The number of rotatable bonds is 12. The topological polar surface area (TPSA) is 26.3 Å². The fourth-order valence-electron chi connectivity index (χ4n) is 2.11. The van der Waals surface area contributed by atoms with Crippen LogP contribution < -0.4 is 0 Å². The minimum atomic E-state index is -1.93. The van der Waals surface area contributed by atoms with E-state index in [2.05, 4.69) is 52.9 Å². The normalized spacial score (nSPS) is 12.8. The van der Waals surface area contributed by atoms with Crippen LogP contribution in [0.2, 0.25) is 18.1 Å². The number of hydrogen-bond acceptors (Lipinski definition) is 2.